The van der Waals surface area contributed by atoms with Gasteiger partial charge in [0.05, 0.1) is 37.5 Å². The Kier molecular flexibility index (Phi) is 7.47. The number of unbranched alkanes of at least 4 members (excludes halogenated alkanes) is 3. The topological polar surface area (TPSA) is 95.8 Å². The lowest BCUT2D eigenvalue weighted by atomic mass is 10.0. The van der Waals surface area contributed by atoms with Gasteiger partial charge in [0, 0.05) is 23.1 Å². The SMILES string of the molecule is CCOc1cc2c(cc1OCCCCCCC(=O)NO)C1=Nc3cc(Cl)ccc3CN1C=N2. The Morgan fingerprint density at radius 1 is 1.12 bits per heavy atom. The van der Waals surface area contributed by atoms with Crippen LogP contribution >= 0.6 is 11.6 Å². The van der Waals surface area contributed by atoms with Gasteiger partial charge in [-0.1, -0.05) is 30.5 Å². The first-order chi connectivity index (χ1) is 16.1. The Bertz CT molecular complexity index is 1090. The number of amidine groups is 1. The van der Waals surface area contributed by atoms with Gasteiger partial charge in [0.25, 0.3) is 0 Å². The first-order valence-electron chi connectivity index (χ1n) is 11.1. The van der Waals surface area contributed by atoms with Crippen LogP contribution in [0.5, 0.6) is 11.5 Å². The van der Waals surface area contributed by atoms with Crippen molar-refractivity contribution in [3.05, 3.63) is 46.5 Å². The van der Waals surface area contributed by atoms with Crippen molar-refractivity contribution in [2.45, 2.75) is 45.6 Å². The minimum absolute atomic E-state index is 0.324. The van der Waals surface area contributed by atoms with Crippen molar-refractivity contribution < 1.29 is 19.5 Å². The molecule has 8 nitrogen and oxygen atoms in total. The van der Waals surface area contributed by atoms with Crippen LogP contribution in [0.15, 0.2) is 40.3 Å². The number of benzene rings is 2. The van der Waals surface area contributed by atoms with E-state index in [9.17, 15) is 4.79 Å². The standard InChI is InChI=1S/C24H27ClN4O4/c1-2-32-22-13-20-18(12-21(22)33-10-6-4-3-5-7-23(30)28-31)24-27-19-11-17(25)9-8-16(19)14-29(24)15-26-20/h8-9,11-13,15,31H,2-7,10,14H2,1H3,(H,28,30). The zero-order chi connectivity index (χ0) is 23.2. The lowest BCUT2D eigenvalue weighted by molar-refractivity contribution is -0.129. The van der Waals surface area contributed by atoms with Crippen LogP contribution in [0.2, 0.25) is 5.02 Å². The number of ether oxygens (including phenoxy) is 2. The van der Waals surface area contributed by atoms with Gasteiger partial charge in [-0.25, -0.2) is 15.5 Å². The van der Waals surface area contributed by atoms with Gasteiger partial charge in [-0.3, -0.25) is 10.0 Å². The number of nitrogens with zero attached hydrogens (tertiary/aromatic N) is 3. The summed E-state index contributed by atoms with van der Waals surface area (Å²) in [6.07, 6.45) is 5.52. The molecular weight excluding hydrogens is 444 g/mol. The van der Waals surface area contributed by atoms with Crippen LogP contribution in [-0.2, 0) is 11.3 Å². The molecule has 1 amide bonds. The third kappa shape index (κ3) is 5.46. The van der Waals surface area contributed by atoms with Crippen molar-refractivity contribution in [1.29, 1.82) is 0 Å². The molecule has 33 heavy (non-hydrogen) atoms. The number of aliphatic imine (C=N–C) groups is 2. The normalized spacial score (nSPS) is 13.5. The van der Waals surface area contributed by atoms with Crippen LogP contribution in [-0.4, -0.2) is 41.4 Å². The predicted molar refractivity (Wildman–Crippen MR) is 127 cm³/mol. The van der Waals surface area contributed by atoms with Crippen LogP contribution in [0.25, 0.3) is 0 Å². The zero-order valence-electron chi connectivity index (χ0n) is 18.5. The molecular formula is C24H27ClN4O4. The molecule has 2 aliphatic rings. The van der Waals surface area contributed by atoms with Crippen LogP contribution in [0, 0.1) is 0 Å². The summed E-state index contributed by atoms with van der Waals surface area (Å²) in [6.45, 7) is 3.66. The second-order valence-corrected chi connectivity index (χ2v) is 8.31. The molecule has 0 bridgehead atoms. The Balaban J connectivity index is 1.48. The van der Waals surface area contributed by atoms with E-state index in [0.29, 0.717) is 42.7 Å². The molecule has 0 saturated carbocycles. The summed E-state index contributed by atoms with van der Waals surface area (Å²) >= 11 is 6.18. The second-order valence-electron chi connectivity index (χ2n) is 7.88. The molecule has 0 fully saturated rings. The van der Waals surface area contributed by atoms with Crippen molar-refractivity contribution in [1.82, 2.24) is 10.4 Å². The predicted octanol–water partition coefficient (Wildman–Crippen LogP) is 5.14. The fourth-order valence-electron chi connectivity index (χ4n) is 3.85. The average molecular weight is 471 g/mol. The average Bonchev–Trinajstić information content (AvgIpc) is 2.82. The van der Waals surface area contributed by atoms with Gasteiger partial charge in [0.1, 0.15) is 5.84 Å². The van der Waals surface area contributed by atoms with Gasteiger partial charge in [-0.2, -0.15) is 0 Å². The fourth-order valence-corrected chi connectivity index (χ4v) is 4.02. The third-order valence-electron chi connectivity index (χ3n) is 5.51. The van der Waals surface area contributed by atoms with E-state index in [-0.39, 0.29) is 5.91 Å². The van der Waals surface area contributed by atoms with Gasteiger partial charge < -0.3 is 14.4 Å². The number of hydrogen-bond acceptors (Lipinski definition) is 7. The molecule has 0 aromatic heterocycles. The van der Waals surface area contributed by atoms with E-state index < -0.39 is 0 Å². The van der Waals surface area contributed by atoms with Crippen molar-refractivity contribution in [2.75, 3.05) is 13.2 Å². The maximum Gasteiger partial charge on any atom is 0.243 e. The second kappa shape index (κ2) is 10.7. The van der Waals surface area contributed by atoms with E-state index in [1.165, 1.54) is 0 Å². The highest BCUT2D eigenvalue weighted by atomic mass is 35.5. The minimum Gasteiger partial charge on any atom is -0.490 e. The molecule has 2 aromatic carbocycles. The number of amides is 1. The van der Waals surface area contributed by atoms with Crippen molar-refractivity contribution >= 4 is 41.1 Å². The summed E-state index contributed by atoms with van der Waals surface area (Å²) in [4.78, 5) is 22.5. The molecule has 174 valence electrons. The molecule has 9 heteroatoms. The first kappa shape index (κ1) is 23.1. The minimum atomic E-state index is -0.353. The first-order valence-corrected chi connectivity index (χ1v) is 11.5. The molecule has 2 aromatic rings. The van der Waals surface area contributed by atoms with Crippen LogP contribution in [0.3, 0.4) is 0 Å². The molecule has 0 spiro atoms. The Morgan fingerprint density at radius 3 is 2.76 bits per heavy atom. The smallest absolute Gasteiger partial charge is 0.243 e. The Morgan fingerprint density at radius 2 is 1.94 bits per heavy atom. The highest BCUT2D eigenvalue weighted by Gasteiger charge is 2.27. The quantitative estimate of drug-likeness (QED) is 0.285. The van der Waals surface area contributed by atoms with Gasteiger partial charge in [-0.05, 0) is 43.5 Å². The number of fused-ring (bicyclic) bond motifs is 4. The highest BCUT2D eigenvalue weighted by Crippen LogP contribution is 2.40. The summed E-state index contributed by atoms with van der Waals surface area (Å²) in [7, 11) is 0. The Labute approximate surface area is 197 Å². The summed E-state index contributed by atoms with van der Waals surface area (Å²) in [6, 6.07) is 9.58. The Hall–Kier alpha value is -3.10. The van der Waals surface area contributed by atoms with Gasteiger partial charge in [0.15, 0.2) is 11.5 Å². The third-order valence-corrected chi connectivity index (χ3v) is 5.74. The molecule has 0 aliphatic carbocycles. The van der Waals surface area contributed by atoms with Gasteiger partial charge >= 0.3 is 0 Å². The molecule has 2 N–H and O–H groups in total. The number of hydrogen-bond donors (Lipinski definition) is 2. The summed E-state index contributed by atoms with van der Waals surface area (Å²) in [5, 5.41) is 9.19. The lowest BCUT2D eigenvalue weighted by Crippen LogP contribution is -2.34. The molecule has 2 heterocycles. The molecule has 0 unspecified atom stereocenters. The number of rotatable bonds is 10. The number of carbonyl (C=O) groups excluding carboxylic acids is 1. The maximum atomic E-state index is 11.1. The molecule has 0 radical (unpaired) electrons. The summed E-state index contributed by atoms with van der Waals surface area (Å²) < 4.78 is 11.9. The van der Waals surface area contributed by atoms with E-state index in [1.54, 1.807) is 11.8 Å². The maximum absolute atomic E-state index is 11.1. The summed E-state index contributed by atoms with van der Waals surface area (Å²) in [5.41, 5.74) is 5.28. The van der Waals surface area contributed by atoms with Crippen molar-refractivity contribution in [3.8, 4) is 11.5 Å². The zero-order valence-corrected chi connectivity index (χ0v) is 19.3. The molecule has 2 aliphatic heterocycles. The number of nitrogens with one attached hydrogen (secondary N) is 1. The van der Waals surface area contributed by atoms with E-state index in [0.717, 1.165) is 54.0 Å². The van der Waals surface area contributed by atoms with Crippen LogP contribution < -0.4 is 15.0 Å². The largest absolute Gasteiger partial charge is 0.490 e. The fraction of sp³-hybridized carbons (Fsp3) is 0.375. The van der Waals surface area contributed by atoms with Gasteiger partial charge in [-0.15, -0.1) is 0 Å². The molecule has 4 rings (SSSR count). The van der Waals surface area contributed by atoms with Crippen LogP contribution in [0.4, 0.5) is 11.4 Å². The number of halogens is 1. The van der Waals surface area contributed by atoms with E-state index >= 15 is 0 Å². The molecule has 0 saturated heterocycles. The molecule has 0 atom stereocenters. The van der Waals surface area contributed by atoms with E-state index in [2.05, 4.69) is 4.99 Å². The lowest BCUT2D eigenvalue weighted by Gasteiger charge is -2.30. The summed E-state index contributed by atoms with van der Waals surface area (Å²) in [5.74, 6) is 1.77. The van der Waals surface area contributed by atoms with Crippen LogP contribution in [0.1, 0.15) is 50.2 Å². The number of carbonyl (C=O) groups is 1. The highest BCUT2D eigenvalue weighted by molar-refractivity contribution is 6.31. The van der Waals surface area contributed by atoms with E-state index in [4.69, 9.17) is 31.3 Å². The monoisotopic (exact) mass is 470 g/mol. The van der Waals surface area contributed by atoms with Crippen molar-refractivity contribution in [3.63, 3.8) is 0 Å². The van der Waals surface area contributed by atoms with E-state index in [1.807, 2.05) is 42.2 Å². The number of hydroxylamine groups is 1. The van der Waals surface area contributed by atoms with Gasteiger partial charge in [0.2, 0.25) is 5.91 Å². The van der Waals surface area contributed by atoms with Crippen molar-refractivity contribution in [2.24, 2.45) is 9.98 Å².